The molecule has 0 unspecified atom stereocenters. The van der Waals surface area contributed by atoms with Crippen LogP contribution in [0.4, 0.5) is 11.5 Å². The van der Waals surface area contributed by atoms with Gasteiger partial charge in [0.1, 0.15) is 11.4 Å². The summed E-state index contributed by atoms with van der Waals surface area (Å²) in [6.07, 6.45) is 3.49. The summed E-state index contributed by atoms with van der Waals surface area (Å²) in [4.78, 5) is 11.2. The molecule has 0 saturated carbocycles. The summed E-state index contributed by atoms with van der Waals surface area (Å²) in [5, 5.41) is 20.6. The first kappa shape index (κ1) is 13.1. The number of rotatable bonds is 4. The van der Waals surface area contributed by atoms with Crippen LogP contribution < -0.4 is 5.32 Å². The number of hydrogen-bond acceptors (Lipinski definition) is 4. The van der Waals surface area contributed by atoms with Crippen LogP contribution in [0.2, 0.25) is 0 Å². The summed E-state index contributed by atoms with van der Waals surface area (Å²) in [6, 6.07) is 0.253. The number of aromatic nitrogens is 4. The maximum Gasteiger partial charge on any atom is 0.341 e. The molecular formula is C12H17N5O2. The zero-order chi connectivity index (χ0) is 14.2. The quantitative estimate of drug-likeness (QED) is 0.880. The lowest BCUT2D eigenvalue weighted by atomic mass is 10.2. The van der Waals surface area contributed by atoms with Gasteiger partial charge >= 0.3 is 5.97 Å². The molecule has 0 aliphatic rings. The van der Waals surface area contributed by atoms with Crippen molar-refractivity contribution in [3.63, 3.8) is 0 Å². The predicted molar refractivity (Wildman–Crippen MR) is 70.8 cm³/mol. The van der Waals surface area contributed by atoms with Gasteiger partial charge in [-0.25, -0.2) is 4.79 Å². The summed E-state index contributed by atoms with van der Waals surface area (Å²) in [7, 11) is 1.70. The summed E-state index contributed by atoms with van der Waals surface area (Å²) >= 11 is 0. The second-order valence-corrected chi connectivity index (χ2v) is 4.67. The van der Waals surface area contributed by atoms with Gasteiger partial charge in [-0.05, 0) is 20.8 Å². The number of carbonyl (C=O) groups is 1. The van der Waals surface area contributed by atoms with Crippen LogP contribution >= 0.6 is 0 Å². The number of nitrogens with zero attached hydrogens (tertiary/aromatic N) is 4. The van der Waals surface area contributed by atoms with E-state index in [0.29, 0.717) is 11.5 Å². The molecule has 0 radical (unpaired) electrons. The monoisotopic (exact) mass is 263 g/mol. The molecule has 2 N–H and O–H groups in total. The molecule has 0 spiro atoms. The number of anilines is 2. The van der Waals surface area contributed by atoms with Crippen molar-refractivity contribution in [1.82, 2.24) is 19.6 Å². The number of aryl methyl sites for hydroxylation is 2. The minimum Gasteiger partial charge on any atom is -0.477 e. The first-order valence-electron chi connectivity index (χ1n) is 5.98. The summed E-state index contributed by atoms with van der Waals surface area (Å²) in [5.41, 5.74) is 1.40. The zero-order valence-corrected chi connectivity index (χ0v) is 11.4. The maximum atomic E-state index is 11.2. The fourth-order valence-corrected chi connectivity index (χ4v) is 1.88. The fourth-order valence-electron chi connectivity index (χ4n) is 1.88. The Morgan fingerprint density at radius 3 is 2.68 bits per heavy atom. The third-order valence-corrected chi connectivity index (χ3v) is 2.83. The van der Waals surface area contributed by atoms with Crippen LogP contribution in [0.25, 0.3) is 0 Å². The maximum absolute atomic E-state index is 11.2. The highest BCUT2D eigenvalue weighted by molar-refractivity contribution is 5.95. The Morgan fingerprint density at radius 2 is 2.16 bits per heavy atom. The summed E-state index contributed by atoms with van der Waals surface area (Å²) in [6.45, 7) is 5.72. The van der Waals surface area contributed by atoms with Gasteiger partial charge in [-0.15, -0.1) is 0 Å². The van der Waals surface area contributed by atoms with Crippen molar-refractivity contribution < 1.29 is 9.90 Å². The van der Waals surface area contributed by atoms with E-state index >= 15 is 0 Å². The largest absolute Gasteiger partial charge is 0.477 e. The molecule has 19 heavy (non-hydrogen) atoms. The molecule has 2 aromatic heterocycles. The molecule has 2 rings (SSSR count). The zero-order valence-electron chi connectivity index (χ0n) is 11.4. The van der Waals surface area contributed by atoms with E-state index in [1.807, 2.05) is 20.0 Å². The molecule has 2 heterocycles. The van der Waals surface area contributed by atoms with E-state index in [-0.39, 0.29) is 11.6 Å². The van der Waals surface area contributed by atoms with Crippen LogP contribution in [0.15, 0.2) is 12.4 Å². The second kappa shape index (κ2) is 4.75. The van der Waals surface area contributed by atoms with Crippen LogP contribution in [0.5, 0.6) is 0 Å². The molecule has 0 amide bonds. The Balaban J connectivity index is 2.35. The van der Waals surface area contributed by atoms with E-state index in [2.05, 4.69) is 15.5 Å². The molecular weight excluding hydrogens is 246 g/mol. The van der Waals surface area contributed by atoms with E-state index in [1.54, 1.807) is 24.9 Å². The lowest BCUT2D eigenvalue weighted by Crippen LogP contribution is -2.05. The SMILES string of the molecule is Cc1nn(C)c(Nc2cnn(C(C)C)c2)c1C(=O)O. The molecule has 0 aliphatic heterocycles. The Kier molecular flexibility index (Phi) is 3.28. The molecule has 2 aromatic rings. The Morgan fingerprint density at radius 1 is 1.47 bits per heavy atom. The number of nitrogens with one attached hydrogen (secondary N) is 1. The first-order chi connectivity index (χ1) is 8.90. The van der Waals surface area contributed by atoms with E-state index < -0.39 is 5.97 Å². The fraction of sp³-hybridized carbons (Fsp3) is 0.417. The number of carboxylic acid groups (broad SMARTS) is 1. The van der Waals surface area contributed by atoms with E-state index in [9.17, 15) is 9.90 Å². The second-order valence-electron chi connectivity index (χ2n) is 4.67. The van der Waals surface area contributed by atoms with Gasteiger partial charge < -0.3 is 10.4 Å². The molecule has 0 bridgehead atoms. The van der Waals surface area contributed by atoms with Crippen molar-refractivity contribution in [1.29, 1.82) is 0 Å². The van der Waals surface area contributed by atoms with Crippen LogP contribution in [-0.2, 0) is 7.05 Å². The van der Waals surface area contributed by atoms with Gasteiger partial charge in [-0.3, -0.25) is 9.36 Å². The number of hydrogen-bond donors (Lipinski definition) is 2. The van der Waals surface area contributed by atoms with Gasteiger partial charge in [0.25, 0.3) is 0 Å². The smallest absolute Gasteiger partial charge is 0.341 e. The Bertz CT molecular complexity index is 612. The molecule has 7 heteroatoms. The molecule has 0 fully saturated rings. The van der Waals surface area contributed by atoms with Crippen LogP contribution in [0.3, 0.4) is 0 Å². The van der Waals surface area contributed by atoms with Crippen molar-refractivity contribution in [2.45, 2.75) is 26.8 Å². The summed E-state index contributed by atoms with van der Waals surface area (Å²) < 4.78 is 3.32. The lowest BCUT2D eigenvalue weighted by molar-refractivity contribution is 0.0697. The van der Waals surface area contributed by atoms with Crippen molar-refractivity contribution in [2.75, 3.05) is 5.32 Å². The molecule has 0 aliphatic carbocycles. The van der Waals surface area contributed by atoms with Gasteiger partial charge in [0, 0.05) is 19.3 Å². The Labute approximate surface area is 110 Å². The average molecular weight is 263 g/mol. The highest BCUT2D eigenvalue weighted by atomic mass is 16.4. The minimum absolute atomic E-state index is 0.180. The highest BCUT2D eigenvalue weighted by Gasteiger charge is 2.20. The normalized spacial score (nSPS) is 11.0. The van der Waals surface area contributed by atoms with Crippen LogP contribution in [0.1, 0.15) is 35.9 Å². The minimum atomic E-state index is -0.996. The van der Waals surface area contributed by atoms with Gasteiger partial charge in [-0.2, -0.15) is 10.2 Å². The van der Waals surface area contributed by atoms with Crippen LogP contribution in [0, 0.1) is 6.92 Å². The molecule has 0 atom stereocenters. The van der Waals surface area contributed by atoms with Crippen molar-refractivity contribution in [2.24, 2.45) is 7.05 Å². The number of aromatic carboxylic acids is 1. The standard InChI is InChI=1S/C12H17N5O2/c1-7(2)17-6-9(5-13-17)14-11-10(12(18)19)8(3)15-16(11)4/h5-7,14H,1-4H3,(H,18,19). The van der Waals surface area contributed by atoms with Gasteiger partial charge in [0.05, 0.1) is 17.6 Å². The predicted octanol–water partition coefficient (Wildman–Crippen LogP) is 1.95. The third-order valence-electron chi connectivity index (χ3n) is 2.83. The molecule has 0 aromatic carbocycles. The molecule has 7 nitrogen and oxygen atoms in total. The van der Waals surface area contributed by atoms with Crippen molar-refractivity contribution >= 4 is 17.5 Å². The van der Waals surface area contributed by atoms with Gasteiger partial charge in [-0.1, -0.05) is 0 Å². The third kappa shape index (κ3) is 2.44. The molecule has 102 valence electrons. The van der Waals surface area contributed by atoms with Crippen LogP contribution in [-0.4, -0.2) is 30.6 Å². The first-order valence-corrected chi connectivity index (χ1v) is 5.98. The van der Waals surface area contributed by atoms with Gasteiger partial charge in [0.2, 0.25) is 0 Å². The summed E-state index contributed by atoms with van der Waals surface area (Å²) in [5.74, 6) is -0.544. The Hall–Kier alpha value is -2.31. The number of carboxylic acids is 1. The van der Waals surface area contributed by atoms with E-state index in [1.165, 1.54) is 4.68 Å². The average Bonchev–Trinajstić information content (AvgIpc) is 2.85. The molecule has 0 saturated heterocycles. The topological polar surface area (TPSA) is 85.0 Å². The highest BCUT2D eigenvalue weighted by Crippen LogP contribution is 2.23. The van der Waals surface area contributed by atoms with Crippen molar-refractivity contribution in [3.8, 4) is 0 Å². The lowest BCUT2D eigenvalue weighted by Gasteiger charge is -2.06. The van der Waals surface area contributed by atoms with E-state index in [4.69, 9.17) is 0 Å². The van der Waals surface area contributed by atoms with Crippen molar-refractivity contribution in [3.05, 3.63) is 23.7 Å². The van der Waals surface area contributed by atoms with E-state index in [0.717, 1.165) is 5.69 Å². The van der Waals surface area contributed by atoms with Gasteiger partial charge in [0.15, 0.2) is 0 Å².